The normalized spacial score (nSPS) is 17.8. The zero-order valence-corrected chi connectivity index (χ0v) is 14.3. The Morgan fingerprint density at radius 1 is 1.48 bits per heavy atom. The topological polar surface area (TPSA) is 65.5 Å². The van der Waals surface area contributed by atoms with E-state index in [0.717, 1.165) is 25.9 Å². The molecule has 7 heteroatoms. The minimum atomic E-state index is -0.217. The molecule has 2 amide bonds. The number of halogens is 1. The number of nitrogens with zero attached hydrogens (tertiary/aromatic N) is 3. The Hall–Kier alpha value is -1.66. The van der Waals surface area contributed by atoms with Crippen molar-refractivity contribution in [3.05, 3.63) is 29.0 Å². The molecule has 0 radical (unpaired) electrons. The number of likely N-dealkylation sites (tertiary alicyclic amines) is 1. The van der Waals surface area contributed by atoms with Crippen LogP contribution in [0.15, 0.2) is 18.3 Å². The van der Waals surface area contributed by atoms with Crippen molar-refractivity contribution in [1.29, 1.82) is 0 Å². The highest BCUT2D eigenvalue weighted by Crippen LogP contribution is 2.20. The van der Waals surface area contributed by atoms with Crippen LogP contribution < -0.4 is 5.32 Å². The van der Waals surface area contributed by atoms with Crippen molar-refractivity contribution in [2.45, 2.75) is 25.3 Å². The predicted octanol–water partition coefficient (Wildman–Crippen LogP) is 1.41. The summed E-state index contributed by atoms with van der Waals surface area (Å²) in [7, 11) is 3.99. The number of carbonyl (C=O) groups excluding carboxylic acids is 2. The lowest BCUT2D eigenvalue weighted by Crippen LogP contribution is -2.40. The summed E-state index contributed by atoms with van der Waals surface area (Å²) in [5.74, 6) is -0.00613. The molecule has 0 unspecified atom stereocenters. The van der Waals surface area contributed by atoms with Crippen molar-refractivity contribution < 1.29 is 9.59 Å². The summed E-state index contributed by atoms with van der Waals surface area (Å²) in [4.78, 5) is 31.9. The second-order valence-electron chi connectivity index (χ2n) is 5.99. The Morgan fingerprint density at radius 2 is 2.26 bits per heavy atom. The first-order valence-corrected chi connectivity index (χ1v) is 8.19. The van der Waals surface area contributed by atoms with Crippen molar-refractivity contribution in [2.24, 2.45) is 0 Å². The van der Waals surface area contributed by atoms with Crippen molar-refractivity contribution >= 4 is 23.4 Å². The van der Waals surface area contributed by atoms with Crippen molar-refractivity contribution in [3.63, 3.8) is 0 Å². The molecule has 2 rings (SSSR count). The second kappa shape index (κ2) is 8.26. The van der Waals surface area contributed by atoms with Gasteiger partial charge in [0.05, 0.1) is 5.02 Å². The number of pyridine rings is 1. The van der Waals surface area contributed by atoms with Crippen molar-refractivity contribution in [3.8, 4) is 0 Å². The van der Waals surface area contributed by atoms with Crippen LogP contribution in [0.2, 0.25) is 5.02 Å². The molecule has 0 saturated carbocycles. The average molecular weight is 339 g/mol. The third-order valence-corrected chi connectivity index (χ3v) is 4.19. The maximum atomic E-state index is 12.0. The molecule has 1 aliphatic heterocycles. The Morgan fingerprint density at radius 3 is 2.91 bits per heavy atom. The van der Waals surface area contributed by atoms with E-state index < -0.39 is 0 Å². The third-order valence-electron chi connectivity index (χ3n) is 3.96. The molecule has 0 spiro atoms. The van der Waals surface area contributed by atoms with Gasteiger partial charge in [-0.2, -0.15) is 0 Å². The first-order chi connectivity index (χ1) is 11.0. The van der Waals surface area contributed by atoms with Gasteiger partial charge in [-0.3, -0.25) is 9.59 Å². The van der Waals surface area contributed by atoms with Crippen LogP contribution in [0.3, 0.4) is 0 Å². The number of likely N-dealkylation sites (N-methyl/N-ethyl adjacent to an activating group) is 1. The van der Waals surface area contributed by atoms with Crippen LogP contribution in [0.4, 0.5) is 0 Å². The quantitative estimate of drug-likeness (QED) is 0.816. The third kappa shape index (κ3) is 5.18. The van der Waals surface area contributed by atoms with Gasteiger partial charge < -0.3 is 15.1 Å². The van der Waals surface area contributed by atoms with Gasteiger partial charge in [0.15, 0.2) is 0 Å². The molecular formula is C16H23ClN4O2. The molecule has 1 aromatic heterocycles. The monoisotopic (exact) mass is 338 g/mol. The minimum absolute atomic E-state index is 0.209. The van der Waals surface area contributed by atoms with Crippen LogP contribution in [-0.2, 0) is 4.79 Å². The molecule has 2 heterocycles. The van der Waals surface area contributed by atoms with Gasteiger partial charge in [-0.1, -0.05) is 11.6 Å². The van der Waals surface area contributed by atoms with E-state index in [0.29, 0.717) is 23.7 Å². The molecule has 1 fully saturated rings. The molecule has 1 aromatic rings. The highest BCUT2D eigenvalue weighted by molar-refractivity contribution is 6.30. The first kappa shape index (κ1) is 17.7. The standard InChI is InChI=1S/C16H23ClN4O2/c1-20(2)9-10-21-13(4-6-15(21)22)7-8-18-16(23)14-5-3-12(17)11-19-14/h3,5,11,13H,4,6-10H2,1-2H3,(H,18,23)/t13-/m1/s1. The summed E-state index contributed by atoms with van der Waals surface area (Å²) in [5, 5.41) is 3.36. The number of hydrogen-bond acceptors (Lipinski definition) is 4. The van der Waals surface area contributed by atoms with E-state index in [1.165, 1.54) is 6.20 Å². The van der Waals surface area contributed by atoms with Gasteiger partial charge in [-0.05, 0) is 39.1 Å². The van der Waals surface area contributed by atoms with Gasteiger partial charge in [0.2, 0.25) is 5.91 Å². The van der Waals surface area contributed by atoms with Gasteiger partial charge in [0.1, 0.15) is 5.69 Å². The summed E-state index contributed by atoms with van der Waals surface area (Å²) in [6.07, 6.45) is 3.68. The molecule has 0 aromatic carbocycles. The molecule has 0 bridgehead atoms. The number of aromatic nitrogens is 1. The van der Waals surface area contributed by atoms with Crippen molar-refractivity contribution in [1.82, 2.24) is 20.1 Å². The lowest BCUT2D eigenvalue weighted by atomic mass is 10.1. The molecule has 1 atom stereocenters. The summed E-state index contributed by atoms with van der Waals surface area (Å²) in [5.41, 5.74) is 0.348. The number of carbonyl (C=O) groups is 2. The highest BCUT2D eigenvalue weighted by atomic mass is 35.5. The van der Waals surface area contributed by atoms with E-state index in [2.05, 4.69) is 15.2 Å². The number of amides is 2. The maximum absolute atomic E-state index is 12.0. The van der Waals surface area contributed by atoms with Gasteiger partial charge in [-0.15, -0.1) is 0 Å². The fourth-order valence-corrected chi connectivity index (χ4v) is 2.77. The number of hydrogen-bond donors (Lipinski definition) is 1. The summed E-state index contributed by atoms with van der Waals surface area (Å²) >= 11 is 5.75. The first-order valence-electron chi connectivity index (χ1n) is 7.81. The van der Waals surface area contributed by atoms with E-state index in [9.17, 15) is 9.59 Å². The molecule has 0 aliphatic carbocycles. The zero-order chi connectivity index (χ0) is 16.8. The molecule has 126 valence electrons. The average Bonchev–Trinajstić information content (AvgIpc) is 2.86. The van der Waals surface area contributed by atoms with E-state index in [4.69, 9.17) is 11.6 Å². The van der Waals surface area contributed by atoms with E-state index in [1.807, 2.05) is 19.0 Å². The van der Waals surface area contributed by atoms with Gasteiger partial charge in [0, 0.05) is 38.3 Å². The van der Waals surface area contributed by atoms with Crippen LogP contribution in [0.1, 0.15) is 29.8 Å². The zero-order valence-electron chi connectivity index (χ0n) is 13.6. The van der Waals surface area contributed by atoms with E-state index in [1.54, 1.807) is 12.1 Å². The molecular weight excluding hydrogens is 316 g/mol. The van der Waals surface area contributed by atoms with Crippen LogP contribution >= 0.6 is 11.6 Å². The lowest BCUT2D eigenvalue weighted by Gasteiger charge is -2.26. The summed E-state index contributed by atoms with van der Waals surface area (Å²) < 4.78 is 0. The fraction of sp³-hybridized carbons (Fsp3) is 0.562. The second-order valence-corrected chi connectivity index (χ2v) is 6.43. The Labute approximate surface area is 141 Å². The van der Waals surface area contributed by atoms with Crippen molar-refractivity contribution in [2.75, 3.05) is 33.7 Å². The summed E-state index contributed by atoms with van der Waals surface area (Å²) in [6, 6.07) is 3.45. The van der Waals surface area contributed by atoms with Crippen LogP contribution in [-0.4, -0.2) is 66.4 Å². The van der Waals surface area contributed by atoms with Crippen LogP contribution in [0.5, 0.6) is 0 Å². The number of rotatable bonds is 7. The van der Waals surface area contributed by atoms with Crippen LogP contribution in [0.25, 0.3) is 0 Å². The molecule has 23 heavy (non-hydrogen) atoms. The lowest BCUT2D eigenvalue weighted by molar-refractivity contribution is -0.129. The van der Waals surface area contributed by atoms with Gasteiger partial charge in [0.25, 0.3) is 5.91 Å². The molecule has 1 N–H and O–H groups in total. The SMILES string of the molecule is CN(C)CCN1C(=O)CC[C@@H]1CCNC(=O)c1ccc(Cl)cn1. The smallest absolute Gasteiger partial charge is 0.269 e. The highest BCUT2D eigenvalue weighted by Gasteiger charge is 2.30. The minimum Gasteiger partial charge on any atom is -0.351 e. The van der Waals surface area contributed by atoms with E-state index in [-0.39, 0.29) is 17.9 Å². The predicted molar refractivity (Wildman–Crippen MR) is 89.5 cm³/mol. The Kier molecular flexibility index (Phi) is 6.36. The largest absolute Gasteiger partial charge is 0.351 e. The van der Waals surface area contributed by atoms with Crippen LogP contribution in [0, 0.1) is 0 Å². The van der Waals surface area contributed by atoms with Gasteiger partial charge >= 0.3 is 0 Å². The fourth-order valence-electron chi connectivity index (χ4n) is 2.66. The molecule has 6 nitrogen and oxygen atoms in total. The Bertz CT molecular complexity index is 548. The molecule has 1 saturated heterocycles. The molecule has 1 aliphatic rings. The Balaban J connectivity index is 1.79. The van der Waals surface area contributed by atoms with Gasteiger partial charge in [-0.25, -0.2) is 4.98 Å². The summed E-state index contributed by atoms with van der Waals surface area (Å²) in [6.45, 7) is 2.12. The number of nitrogens with one attached hydrogen (secondary N) is 1. The van der Waals surface area contributed by atoms with E-state index >= 15 is 0 Å². The maximum Gasteiger partial charge on any atom is 0.269 e.